The first-order valence-corrected chi connectivity index (χ1v) is 17.4. The summed E-state index contributed by atoms with van der Waals surface area (Å²) >= 11 is 0. The summed E-state index contributed by atoms with van der Waals surface area (Å²) in [6, 6.07) is 10.9. The van der Waals surface area contributed by atoms with Gasteiger partial charge < -0.3 is 25.6 Å². The van der Waals surface area contributed by atoms with Gasteiger partial charge in [-0.2, -0.15) is 26.3 Å². The van der Waals surface area contributed by atoms with Crippen LogP contribution in [0.25, 0.3) is 23.0 Å². The number of rotatable bonds is 9. The van der Waals surface area contributed by atoms with Crippen molar-refractivity contribution in [2.24, 2.45) is 0 Å². The molecule has 320 valence electrons. The molecule has 2 aliphatic rings. The van der Waals surface area contributed by atoms with Gasteiger partial charge >= 0.3 is 18.3 Å². The number of carbonyl (C=O) groups is 2. The van der Waals surface area contributed by atoms with Crippen molar-refractivity contribution >= 4 is 23.5 Å². The van der Waals surface area contributed by atoms with Crippen molar-refractivity contribution in [2.75, 3.05) is 25.3 Å². The molecule has 0 bridgehead atoms. The molecule has 6 aromatic rings. The molecule has 4 N–H and O–H groups in total. The Hall–Kier alpha value is -7.34. The van der Waals surface area contributed by atoms with Gasteiger partial charge in [-0.25, -0.2) is 33.5 Å². The summed E-state index contributed by atoms with van der Waals surface area (Å²) in [5.41, 5.74) is 1.52. The van der Waals surface area contributed by atoms with Gasteiger partial charge in [0.15, 0.2) is 11.6 Å². The lowest BCUT2D eigenvalue weighted by Gasteiger charge is -2.21. The van der Waals surface area contributed by atoms with Crippen molar-refractivity contribution in [3.8, 4) is 34.8 Å². The third-order valence-corrected chi connectivity index (χ3v) is 9.24. The molecule has 17 nitrogen and oxygen atoms in total. The minimum Gasteiger partial charge on any atom is -0.480 e. The van der Waals surface area contributed by atoms with E-state index in [-0.39, 0.29) is 83.2 Å². The number of aromatic carboxylic acids is 1. The number of hydrogen-bond acceptors (Lipinski definition) is 13. The Labute approximate surface area is 337 Å². The number of carboxylic acids is 1. The number of nitrogens with zero attached hydrogens (tertiary/aromatic N) is 10. The molecule has 0 aromatic carbocycles. The number of hydrogen-bond donors (Lipinski definition) is 3. The lowest BCUT2D eigenvalue weighted by molar-refractivity contribution is -0.180. The van der Waals surface area contributed by atoms with Crippen molar-refractivity contribution in [1.29, 1.82) is 0 Å². The molecule has 8 rings (SSSR count). The van der Waals surface area contributed by atoms with Crippen LogP contribution in [-0.4, -0.2) is 93.0 Å². The molecule has 61 heavy (non-hydrogen) atoms. The van der Waals surface area contributed by atoms with Gasteiger partial charge in [0.1, 0.15) is 69.5 Å². The average molecular weight is 863 g/mol. The van der Waals surface area contributed by atoms with Crippen LogP contribution in [0.3, 0.4) is 0 Å². The summed E-state index contributed by atoms with van der Waals surface area (Å²) in [5.74, 6) is -3.38. The van der Waals surface area contributed by atoms with Crippen molar-refractivity contribution in [2.45, 2.75) is 49.1 Å². The van der Waals surface area contributed by atoms with Crippen LogP contribution in [0.4, 0.5) is 46.8 Å². The molecule has 2 fully saturated rings. The van der Waals surface area contributed by atoms with E-state index in [1.165, 1.54) is 32.4 Å². The Bertz CT molecular complexity index is 2560. The van der Waals surface area contributed by atoms with E-state index < -0.39 is 46.9 Å². The van der Waals surface area contributed by atoms with E-state index in [4.69, 9.17) is 15.6 Å². The Morgan fingerprint density at radius 1 is 0.738 bits per heavy atom. The first-order chi connectivity index (χ1) is 28.8. The zero-order chi connectivity index (χ0) is 44.3. The van der Waals surface area contributed by atoms with Gasteiger partial charge in [-0.1, -0.05) is 12.1 Å². The second-order valence-electron chi connectivity index (χ2n) is 13.1. The number of nitrogens with two attached hydrogens (primary N) is 1. The molecule has 25 heteroatoms. The Kier molecular flexibility index (Phi) is 11.9. The number of nitrogen functional groups attached to an aromatic ring is 1. The van der Waals surface area contributed by atoms with Gasteiger partial charge in [-0.3, -0.25) is 13.9 Å². The zero-order valence-corrected chi connectivity index (χ0v) is 31.4. The number of halogens is 8. The maximum Gasteiger partial charge on any atom is 0.412 e. The van der Waals surface area contributed by atoms with Gasteiger partial charge in [-0.15, -0.1) is 20.4 Å². The topological polar surface area (TPSA) is 224 Å². The van der Waals surface area contributed by atoms with Crippen LogP contribution < -0.4 is 20.5 Å². The van der Waals surface area contributed by atoms with Crippen LogP contribution in [0.1, 0.15) is 46.4 Å². The van der Waals surface area contributed by atoms with Crippen molar-refractivity contribution in [3.05, 3.63) is 96.3 Å². The van der Waals surface area contributed by atoms with Gasteiger partial charge in [0.2, 0.25) is 11.8 Å². The van der Waals surface area contributed by atoms with Crippen molar-refractivity contribution in [1.82, 2.24) is 49.5 Å². The molecule has 0 spiro atoms. The smallest absolute Gasteiger partial charge is 0.412 e. The van der Waals surface area contributed by atoms with Crippen LogP contribution in [0.2, 0.25) is 0 Å². The Morgan fingerprint density at radius 2 is 1.20 bits per heavy atom. The van der Waals surface area contributed by atoms with Gasteiger partial charge in [0, 0.05) is 0 Å². The number of carbonyl (C=O) groups excluding carboxylic acids is 1. The highest BCUT2D eigenvalue weighted by atomic mass is 19.4. The molecule has 2 aliphatic carbocycles. The Morgan fingerprint density at radius 3 is 1.64 bits per heavy atom. The zero-order valence-electron chi connectivity index (χ0n) is 31.4. The lowest BCUT2D eigenvalue weighted by Crippen LogP contribution is -2.35. The quantitative estimate of drug-likeness (QED) is 0.140. The molecular weight excluding hydrogens is 832 g/mol. The minimum absolute atomic E-state index is 0.0234. The molecule has 6 aromatic heterocycles. The summed E-state index contributed by atoms with van der Waals surface area (Å²) in [6.07, 6.45) is -4.97. The number of carboxylic acid groups (broad SMARTS) is 1. The van der Waals surface area contributed by atoms with Crippen LogP contribution in [0.15, 0.2) is 73.6 Å². The van der Waals surface area contributed by atoms with Crippen molar-refractivity contribution in [3.63, 3.8) is 0 Å². The van der Waals surface area contributed by atoms with E-state index in [0.29, 0.717) is 0 Å². The second kappa shape index (κ2) is 16.7. The molecule has 6 heterocycles. The van der Waals surface area contributed by atoms with E-state index >= 15 is 0 Å². The number of anilines is 2. The van der Waals surface area contributed by atoms with E-state index in [9.17, 15) is 44.7 Å². The molecule has 0 unspecified atom stereocenters. The predicted octanol–water partition coefficient (Wildman–Crippen LogP) is 6.09. The number of pyridine rings is 4. The molecular formula is C36H30F8N12O5. The summed E-state index contributed by atoms with van der Waals surface area (Å²) in [5, 5.41) is 25.7. The molecule has 0 aliphatic heterocycles. The van der Waals surface area contributed by atoms with Crippen LogP contribution in [-0.2, 0) is 11.1 Å². The van der Waals surface area contributed by atoms with Crippen LogP contribution in [0, 0.1) is 11.6 Å². The molecule has 0 atom stereocenters. The number of aromatic nitrogens is 10. The summed E-state index contributed by atoms with van der Waals surface area (Å²) in [7, 11) is 2.55. The number of methoxy groups -OCH3 is 2. The third kappa shape index (κ3) is 8.98. The normalized spacial score (nSPS) is 14.7. The maximum absolute atomic E-state index is 13.5. The average Bonchev–Trinajstić information content (AvgIpc) is 4.11. The minimum atomic E-state index is -4.46. The number of ether oxygens (including phenoxy) is 2. The van der Waals surface area contributed by atoms with E-state index in [2.05, 4.69) is 50.4 Å². The highest BCUT2D eigenvalue weighted by Crippen LogP contribution is 2.57. The molecule has 0 radical (unpaired) electrons. The predicted molar refractivity (Wildman–Crippen MR) is 194 cm³/mol. The summed E-state index contributed by atoms with van der Waals surface area (Å²) < 4.78 is 117. The van der Waals surface area contributed by atoms with E-state index in [0.717, 1.165) is 46.3 Å². The number of nitrogens with one attached hydrogen (secondary N) is 1. The SMILES string of the molecule is COc1ncc(F)cc1C(=O)Nc1cccc(-c2nncn2C2(C(F)(F)F)CC2)n1.COc1ncc(F)cc1C(=O)O.Nc1cccc(-c2nncn2C2(C(F)(F)F)CC2)n1. The van der Waals surface area contributed by atoms with Crippen LogP contribution >= 0.6 is 0 Å². The molecule has 1 amide bonds. The number of amides is 1. The van der Waals surface area contributed by atoms with Crippen molar-refractivity contribution < 1.29 is 59.3 Å². The fourth-order valence-electron chi connectivity index (χ4n) is 5.89. The van der Waals surface area contributed by atoms with E-state index in [1.807, 2.05) is 0 Å². The third-order valence-electron chi connectivity index (χ3n) is 9.24. The first-order valence-electron chi connectivity index (χ1n) is 17.4. The lowest BCUT2D eigenvalue weighted by atomic mass is 10.2. The highest BCUT2D eigenvalue weighted by Gasteiger charge is 2.66. The fraction of sp³-hybridized carbons (Fsp3) is 0.278. The molecule has 0 saturated heterocycles. The maximum atomic E-state index is 13.5. The summed E-state index contributed by atoms with van der Waals surface area (Å²) in [6.45, 7) is 0. The highest BCUT2D eigenvalue weighted by molar-refractivity contribution is 6.05. The first kappa shape index (κ1) is 43.2. The standard InChI is InChI=1S/C18H14F4N6O2.C11H10F3N5.C7H6FNO3/c1-30-16-11(7-10(19)8-23-16)15(29)26-13-4-2-3-12(25-13)14-27-24-9-28(14)17(5-6-17)18(20,21)22;12-11(13,14)10(4-5-10)19-6-16-18-9(19)7-2-1-3-8(15)17-7;1-12-6-5(7(10)11)2-4(8)3-9-6/h2-4,7-9H,5-6H2,1H3,(H,25,26,29);1-3,6H,4-5H2,(H2,15,17);2-3H,1H3,(H,10,11). The fourth-order valence-corrected chi connectivity index (χ4v) is 5.89. The van der Waals surface area contributed by atoms with Gasteiger partial charge in [0.25, 0.3) is 5.91 Å². The van der Waals surface area contributed by atoms with E-state index in [1.54, 1.807) is 18.2 Å². The van der Waals surface area contributed by atoms with Gasteiger partial charge in [0.05, 0.1) is 26.6 Å². The van der Waals surface area contributed by atoms with Gasteiger partial charge in [-0.05, 0) is 62.1 Å². The number of alkyl halides is 6. The van der Waals surface area contributed by atoms with Crippen LogP contribution in [0.5, 0.6) is 11.8 Å². The summed E-state index contributed by atoms with van der Waals surface area (Å²) in [4.78, 5) is 38.2. The monoisotopic (exact) mass is 862 g/mol. The second-order valence-corrected chi connectivity index (χ2v) is 13.1. The Balaban J connectivity index is 0.000000171. The largest absolute Gasteiger partial charge is 0.480 e. The molecule has 2 saturated carbocycles.